The normalized spacial score (nSPS) is 23.4. The van der Waals surface area contributed by atoms with Crippen molar-refractivity contribution in [1.29, 1.82) is 0 Å². The molecule has 0 spiro atoms. The van der Waals surface area contributed by atoms with Gasteiger partial charge in [-0.05, 0) is 32.0 Å². The lowest BCUT2D eigenvalue weighted by atomic mass is 10.2. The van der Waals surface area contributed by atoms with Crippen LogP contribution in [0.2, 0.25) is 19.1 Å². The number of hydrogen-bond acceptors (Lipinski definition) is 1. The zero-order valence-corrected chi connectivity index (χ0v) is 11.7. The lowest BCUT2D eigenvalue weighted by Gasteiger charge is -2.33. The van der Waals surface area contributed by atoms with Crippen LogP contribution in [0.5, 0.6) is 0 Å². The van der Waals surface area contributed by atoms with Crippen molar-refractivity contribution in [2.24, 2.45) is 0 Å². The molecule has 1 aliphatic heterocycles. The second kappa shape index (κ2) is 9.90. The third kappa shape index (κ3) is 9.63. The molecule has 1 atom stereocenters. The van der Waals surface area contributed by atoms with Crippen molar-refractivity contribution in [3.63, 3.8) is 0 Å². The van der Waals surface area contributed by atoms with Crippen molar-refractivity contribution in [3.8, 4) is 0 Å². The van der Waals surface area contributed by atoms with Crippen LogP contribution in [0, 0.1) is 0 Å². The van der Waals surface area contributed by atoms with E-state index in [9.17, 15) is 0 Å². The van der Waals surface area contributed by atoms with E-state index in [1.807, 2.05) is 0 Å². The Balaban J connectivity index is 0. The van der Waals surface area contributed by atoms with Gasteiger partial charge >= 0.3 is 0 Å². The Morgan fingerprint density at radius 2 is 1.67 bits per heavy atom. The van der Waals surface area contributed by atoms with Gasteiger partial charge in [0.25, 0.3) is 0 Å². The zero-order chi connectivity index (χ0) is 11.0. The third-order valence-corrected chi connectivity index (χ3v) is 5.28. The van der Waals surface area contributed by atoms with Gasteiger partial charge in [0, 0.05) is 6.10 Å². The maximum Gasteiger partial charge on any atom is 0.187 e. The van der Waals surface area contributed by atoms with Gasteiger partial charge in [-0.3, -0.25) is 0 Å². The van der Waals surface area contributed by atoms with Gasteiger partial charge in [0.1, 0.15) is 0 Å². The Morgan fingerprint density at radius 3 is 1.93 bits per heavy atom. The summed E-state index contributed by atoms with van der Waals surface area (Å²) in [5, 5.41) is 0. The molecular formula is C12H31AlOSi. The first-order valence-corrected chi connectivity index (χ1v) is 9.35. The first-order chi connectivity index (χ1) is 6.55. The van der Waals surface area contributed by atoms with Gasteiger partial charge in [-0.15, -0.1) is 0 Å². The van der Waals surface area contributed by atoms with Gasteiger partial charge in [-0.25, -0.2) is 0 Å². The molecule has 0 radical (unpaired) electrons. The molecule has 3 heteroatoms. The monoisotopic (exact) mass is 246 g/mol. The average molecular weight is 246 g/mol. The second-order valence-electron chi connectivity index (χ2n) is 4.80. The summed E-state index contributed by atoms with van der Waals surface area (Å²) in [4.78, 5) is 0. The maximum atomic E-state index is 5.96. The molecule has 1 rings (SSSR count). The summed E-state index contributed by atoms with van der Waals surface area (Å²) >= 11 is 0. The van der Waals surface area contributed by atoms with Crippen molar-refractivity contribution >= 4 is 25.7 Å². The molecule has 1 heterocycles. The first-order valence-electron chi connectivity index (χ1n) is 6.23. The largest absolute Gasteiger partial charge is 0.414 e. The van der Waals surface area contributed by atoms with E-state index in [0.29, 0.717) is 6.10 Å². The van der Waals surface area contributed by atoms with E-state index in [2.05, 4.69) is 33.9 Å². The molecule has 1 fully saturated rings. The molecule has 0 saturated carbocycles. The van der Waals surface area contributed by atoms with Gasteiger partial charge < -0.3 is 4.43 Å². The van der Waals surface area contributed by atoms with Crippen LogP contribution in [0.4, 0.5) is 0 Å². The highest BCUT2D eigenvalue weighted by molar-refractivity contribution is 6.71. The minimum absolute atomic E-state index is 0. The third-order valence-electron chi connectivity index (χ3n) is 2.75. The van der Waals surface area contributed by atoms with Crippen molar-refractivity contribution < 1.29 is 4.43 Å². The molecule has 1 nitrogen and oxygen atoms in total. The highest BCUT2D eigenvalue weighted by Gasteiger charge is 2.29. The number of unbranched alkanes of at least 4 members (excludes halogenated alkanes) is 1. The Morgan fingerprint density at radius 1 is 1.13 bits per heavy atom. The fourth-order valence-corrected chi connectivity index (χ4v) is 3.97. The van der Waals surface area contributed by atoms with Gasteiger partial charge in [0.2, 0.25) is 0 Å². The number of rotatable bonds is 2. The van der Waals surface area contributed by atoms with E-state index in [0.717, 1.165) is 0 Å². The molecule has 0 N–H and O–H groups in total. The van der Waals surface area contributed by atoms with Crippen molar-refractivity contribution in [2.75, 3.05) is 0 Å². The SMILES string of the molecule is CCC1CCC[Si](C)(C)O1.CCCC.[AlH3]. The summed E-state index contributed by atoms with van der Waals surface area (Å²) < 4.78 is 5.96. The Kier molecular flexibility index (Phi) is 11.9. The fourth-order valence-electron chi connectivity index (χ4n) is 1.61. The highest BCUT2D eigenvalue weighted by atomic mass is 28.4. The van der Waals surface area contributed by atoms with Crippen LogP contribution in [0.15, 0.2) is 0 Å². The van der Waals surface area contributed by atoms with Gasteiger partial charge in [0.05, 0.1) is 0 Å². The van der Waals surface area contributed by atoms with Gasteiger partial charge in [-0.2, -0.15) is 0 Å². The average Bonchev–Trinajstić information content (AvgIpc) is 2.16. The van der Waals surface area contributed by atoms with Crippen LogP contribution in [0.3, 0.4) is 0 Å². The molecule has 0 aromatic heterocycles. The van der Waals surface area contributed by atoms with E-state index < -0.39 is 8.32 Å². The van der Waals surface area contributed by atoms with E-state index in [1.54, 1.807) is 0 Å². The predicted molar refractivity (Wildman–Crippen MR) is 77.2 cm³/mol. The molecule has 0 aliphatic carbocycles. The van der Waals surface area contributed by atoms with Crippen LogP contribution < -0.4 is 0 Å². The summed E-state index contributed by atoms with van der Waals surface area (Å²) in [6.07, 6.45) is 7.14. The Bertz CT molecular complexity index is 138. The Labute approximate surface area is 108 Å². The Hall–Kier alpha value is 0.709. The van der Waals surface area contributed by atoms with Gasteiger partial charge in [0.15, 0.2) is 25.7 Å². The van der Waals surface area contributed by atoms with Crippen LogP contribution in [0.25, 0.3) is 0 Å². The first kappa shape index (κ1) is 18.1. The molecular weight excluding hydrogens is 215 g/mol. The molecule has 1 unspecified atom stereocenters. The standard InChI is InChI=1S/C8H18OSi.C4H10.Al.3H/c1-4-8-6-5-7-10(2,3)9-8;1-3-4-2;;;;/h8H,4-7H2,1-3H3;3-4H2,1-2H3;;;;. The number of hydrogen-bond donors (Lipinski definition) is 0. The summed E-state index contributed by atoms with van der Waals surface area (Å²) in [5.41, 5.74) is 0. The van der Waals surface area contributed by atoms with Crippen LogP contribution in [-0.4, -0.2) is 31.8 Å². The molecule has 15 heavy (non-hydrogen) atoms. The summed E-state index contributed by atoms with van der Waals surface area (Å²) in [5.74, 6) is 0. The van der Waals surface area contributed by atoms with E-state index in [-0.39, 0.29) is 17.4 Å². The highest BCUT2D eigenvalue weighted by Crippen LogP contribution is 2.26. The second-order valence-corrected chi connectivity index (χ2v) is 9.06. The topological polar surface area (TPSA) is 9.23 Å². The van der Waals surface area contributed by atoms with Crippen molar-refractivity contribution in [1.82, 2.24) is 0 Å². The predicted octanol–water partition coefficient (Wildman–Crippen LogP) is 3.40. The fraction of sp³-hybridized carbons (Fsp3) is 1.00. The van der Waals surface area contributed by atoms with Crippen LogP contribution >= 0.6 is 0 Å². The summed E-state index contributed by atoms with van der Waals surface area (Å²) in [7, 11) is -1.17. The van der Waals surface area contributed by atoms with Crippen molar-refractivity contribution in [2.45, 2.75) is 78.1 Å². The lowest BCUT2D eigenvalue weighted by Crippen LogP contribution is -2.39. The van der Waals surface area contributed by atoms with E-state index >= 15 is 0 Å². The summed E-state index contributed by atoms with van der Waals surface area (Å²) in [6, 6.07) is 1.36. The molecule has 0 amide bonds. The van der Waals surface area contributed by atoms with E-state index in [4.69, 9.17) is 4.43 Å². The van der Waals surface area contributed by atoms with Crippen LogP contribution in [0.1, 0.15) is 52.9 Å². The summed E-state index contributed by atoms with van der Waals surface area (Å²) in [6.45, 7) is 11.2. The minimum atomic E-state index is -1.17. The molecule has 0 aromatic rings. The molecule has 1 aliphatic rings. The van der Waals surface area contributed by atoms with Gasteiger partial charge in [-0.1, -0.05) is 40.0 Å². The zero-order valence-electron chi connectivity index (χ0n) is 10.7. The quantitative estimate of drug-likeness (QED) is 0.679. The van der Waals surface area contributed by atoms with Crippen molar-refractivity contribution in [3.05, 3.63) is 0 Å². The minimum Gasteiger partial charge on any atom is -0.414 e. The lowest BCUT2D eigenvalue weighted by molar-refractivity contribution is 0.157. The molecule has 0 aromatic carbocycles. The van der Waals surface area contributed by atoms with Crippen LogP contribution in [-0.2, 0) is 4.43 Å². The molecule has 0 bridgehead atoms. The molecule has 92 valence electrons. The van der Waals surface area contributed by atoms with E-state index in [1.165, 1.54) is 38.1 Å². The maximum absolute atomic E-state index is 5.96. The smallest absolute Gasteiger partial charge is 0.187 e. The molecule has 1 saturated heterocycles.